The number of halogens is 1. The second-order valence-electron chi connectivity index (χ2n) is 4.60. The Bertz CT molecular complexity index is 548. The van der Waals surface area contributed by atoms with E-state index in [1.165, 1.54) is 0 Å². The summed E-state index contributed by atoms with van der Waals surface area (Å²) in [7, 11) is 0. The van der Waals surface area contributed by atoms with E-state index >= 15 is 0 Å². The molecule has 1 atom stereocenters. The van der Waals surface area contributed by atoms with Gasteiger partial charge >= 0.3 is 0 Å². The van der Waals surface area contributed by atoms with Gasteiger partial charge in [0.25, 0.3) is 0 Å². The van der Waals surface area contributed by atoms with Crippen LogP contribution >= 0.6 is 11.6 Å². The first-order valence-corrected chi connectivity index (χ1v) is 6.80. The topological polar surface area (TPSA) is 32.3 Å². The Kier molecular flexibility index (Phi) is 4.33. The quantitative estimate of drug-likeness (QED) is 0.830. The van der Waals surface area contributed by atoms with Crippen molar-refractivity contribution in [1.29, 1.82) is 0 Å². The van der Waals surface area contributed by atoms with Crippen molar-refractivity contribution in [3.05, 3.63) is 58.6 Å². The molecule has 0 radical (unpaired) electrons. The van der Waals surface area contributed by atoms with Crippen molar-refractivity contribution in [3.8, 4) is 5.75 Å². The van der Waals surface area contributed by atoms with Crippen LogP contribution in [0.1, 0.15) is 30.5 Å². The van der Waals surface area contributed by atoms with Gasteiger partial charge in [-0.25, -0.2) is 0 Å². The van der Waals surface area contributed by atoms with Crippen LogP contribution in [0.5, 0.6) is 5.75 Å². The number of hydrogen-bond acceptors (Lipinski definition) is 2. The molecule has 19 heavy (non-hydrogen) atoms. The van der Waals surface area contributed by atoms with Gasteiger partial charge in [0, 0.05) is 5.56 Å². The Balaban J connectivity index is 2.32. The van der Waals surface area contributed by atoms with Gasteiger partial charge in [-0.15, -0.1) is 0 Å². The van der Waals surface area contributed by atoms with Crippen LogP contribution in [0.15, 0.2) is 42.5 Å². The lowest BCUT2D eigenvalue weighted by Crippen LogP contribution is -2.11. The van der Waals surface area contributed by atoms with Crippen LogP contribution in [-0.2, 0) is 0 Å². The minimum atomic E-state index is 0.0415. The normalized spacial score (nSPS) is 12.2. The summed E-state index contributed by atoms with van der Waals surface area (Å²) < 4.78 is 0. The van der Waals surface area contributed by atoms with Crippen LogP contribution < -0.4 is 5.32 Å². The van der Waals surface area contributed by atoms with Crippen molar-refractivity contribution < 1.29 is 5.11 Å². The minimum Gasteiger partial charge on any atom is -0.508 e. The van der Waals surface area contributed by atoms with Crippen LogP contribution in [0.25, 0.3) is 0 Å². The van der Waals surface area contributed by atoms with Gasteiger partial charge < -0.3 is 10.4 Å². The standard InChI is InChI=1S/C16H18ClNO/c1-3-14(12-8-4-5-10-15(12)19)18-16-11(2)7-6-9-13(16)17/h4-10,14,18-19H,3H2,1-2H3. The molecule has 0 aliphatic rings. The van der Waals surface area contributed by atoms with Gasteiger partial charge in [-0.05, 0) is 31.0 Å². The predicted octanol–water partition coefficient (Wildman–Crippen LogP) is 4.92. The van der Waals surface area contributed by atoms with Crippen molar-refractivity contribution in [2.24, 2.45) is 0 Å². The lowest BCUT2D eigenvalue weighted by molar-refractivity contribution is 0.462. The molecule has 100 valence electrons. The highest BCUT2D eigenvalue weighted by Gasteiger charge is 2.15. The van der Waals surface area contributed by atoms with Crippen LogP contribution in [0.4, 0.5) is 5.69 Å². The summed E-state index contributed by atoms with van der Waals surface area (Å²) in [6.07, 6.45) is 0.863. The first-order chi connectivity index (χ1) is 9.13. The third-order valence-corrected chi connectivity index (χ3v) is 3.58. The molecule has 0 heterocycles. The second kappa shape index (κ2) is 5.98. The molecule has 0 bridgehead atoms. The van der Waals surface area contributed by atoms with Crippen LogP contribution in [0.3, 0.4) is 0 Å². The average Bonchev–Trinajstić information content (AvgIpc) is 2.40. The van der Waals surface area contributed by atoms with Gasteiger partial charge in [-0.2, -0.15) is 0 Å². The maximum absolute atomic E-state index is 9.96. The maximum atomic E-state index is 9.96. The number of rotatable bonds is 4. The van der Waals surface area contributed by atoms with Crippen molar-refractivity contribution in [2.45, 2.75) is 26.3 Å². The highest BCUT2D eigenvalue weighted by molar-refractivity contribution is 6.33. The van der Waals surface area contributed by atoms with Gasteiger partial charge in [0.2, 0.25) is 0 Å². The maximum Gasteiger partial charge on any atom is 0.120 e. The number of para-hydroxylation sites is 2. The van der Waals surface area contributed by atoms with E-state index in [0.717, 1.165) is 23.2 Å². The van der Waals surface area contributed by atoms with Gasteiger partial charge in [0.1, 0.15) is 5.75 Å². The summed E-state index contributed by atoms with van der Waals surface area (Å²) in [6.45, 7) is 4.10. The molecular weight excluding hydrogens is 258 g/mol. The average molecular weight is 276 g/mol. The summed E-state index contributed by atoms with van der Waals surface area (Å²) >= 11 is 6.23. The number of benzene rings is 2. The van der Waals surface area contributed by atoms with E-state index in [4.69, 9.17) is 11.6 Å². The fourth-order valence-electron chi connectivity index (χ4n) is 2.17. The number of anilines is 1. The fraction of sp³-hybridized carbons (Fsp3) is 0.250. The summed E-state index contributed by atoms with van der Waals surface area (Å²) in [5.41, 5.74) is 2.92. The number of aryl methyl sites for hydroxylation is 1. The Morgan fingerprint density at radius 2 is 1.89 bits per heavy atom. The van der Waals surface area contributed by atoms with Gasteiger partial charge in [-0.1, -0.05) is 48.9 Å². The number of aromatic hydroxyl groups is 1. The Morgan fingerprint density at radius 1 is 1.16 bits per heavy atom. The molecular formula is C16H18ClNO. The number of nitrogens with one attached hydrogen (secondary N) is 1. The largest absolute Gasteiger partial charge is 0.508 e. The van der Waals surface area contributed by atoms with Gasteiger partial charge in [0.05, 0.1) is 16.8 Å². The Hall–Kier alpha value is -1.67. The highest BCUT2D eigenvalue weighted by atomic mass is 35.5. The molecule has 2 rings (SSSR count). The molecule has 0 fully saturated rings. The predicted molar refractivity (Wildman–Crippen MR) is 81.0 cm³/mol. The SMILES string of the molecule is CCC(Nc1c(C)cccc1Cl)c1ccccc1O. The van der Waals surface area contributed by atoms with E-state index in [-0.39, 0.29) is 6.04 Å². The molecule has 0 aliphatic heterocycles. The van der Waals surface area contributed by atoms with Crippen molar-refractivity contribution in [1.82, 2.24) is 0 Å². The molecule has 0 saturated heterocycles. The van der Waals surface area contributed by atoms with E-state index in [1.54, 1.807) is 6.07 Å². The van der Waals surface area contributed by atoms with Gasteiger partial charge in [0.15, 0.2) is 0 Å². The third kappa shape index (κ3) is 3.02. The fourth-order valence-corrected chi connectivity index (χ4v) is 2.45. The molecule has 0 aromatic heterocycles. The molecule has 2 nitrogen and oxygen atoms in total. The Morgan fingerprint density at radius 3 is 2.53 bits per heavy atom. The zero-order valence-electron chi connectivity index (χ0n) is 11.2. The zero-order chi connectivity index (χ0) is 13.8. The molecule has 1 unspecified atom stereocenters. The molecule has 2 aromatic rings. The van der Waals surface area contributed by atoms with E-state index in [9.17, 15) is 5.11 Å². The molecule has 0 amide bonds. The first-order valence-electron chi connectivity index (χ1n) is 6.43. The molecule has 2 N–H and O–H groups in total. The zero-order valence-corrected chi connectivity index (χ0v) is 11.9. The second-order valence-corrected chi connectivity index (χ2v) is 5.00. The van der Waals surface area contributed by atoms with E-state index in [2.05, 4.69) is 12.2 Å². The van der Waals surface area contributed by atoms with Crippen molar-refractivity contribution in [3.63, 3.8) is 0 Å². The smallest absolute Gasteiger partial charge is 0.120 e. The van der Waals surface area contributed by atoms with Crippen LogP contribution in [-0.4, -0.2) is 5.11 Å². The van der Waals surface area contributed by atoms with E-state index < -0.39 is 0 Å². The van der Waals surface area contributed by atoms with E-state index in [1.807, 2.05) is 43.3 Å². The summed E-state index contributed by atoms with van der Waals surface area (Å²) in [5, 5.41) is 14.1. The Labute approximate surface area is 119 Å². The van der Waals surface area contributed by atoms with Gasteiger partial charge in [-0.3, -0.25) is 0 Å². The number of hydrogen-bond donors (Lipinski definition) is 2. The van der Waals surface area contributed by atoms with Crippen LogP contribution in [0.2, 0.25) is 5.02 Å². The molecule has 0 aliphatic carbocycles. The molecule has 3 heteroatoms. The highest BCUT2D eigenvalue weighted by Crippen LogP contribution is 2.33. The third-order valence-electron chi connectivity index (χ3n) is 3.26. The summed E-state index contributed by atoms with van der Waals surface area (Å²) in [4.78, 5) is 0. The first kappa shape index (κ1) is 13.8. The minimum absolute atomic E-state index is 0.0415. The lowest BCUT2D eigenvalue weighted by Gasteiger charge is -2.21. The lowest BCUT2D eigenvalue weighted by atomic mass is 10.0. The monoisotopic (exact) mass is 275 g/mol. The summed E-state index contributed by atoms with van der Waals surface area (Å²) in [5.74, 6) is 0.312. The number of phenolic OH excluding ortho intramolecular Hbond substituents is 1. The molecule has 0 spiro atoms. The van der Waals surface area contributed by atoms with Crippen LogP contribution in [0, 0.1) is 6.92 Å². The van der Waals surface area contributed by atoms with Crippen molar-refractivity contribution in [2.75, 3.05) is 5.32 Å². The molecule has 2 aromatic carbocycles. The van der Waals surface area contributed by atoms with E-state index in [0.29, 0.717) is 10.8 Å². The summed E-state index contributed by atoms with van der Waals surface area (Å²) in [6, 6.07) is 13.3. The van der Waals surface area contributed by atoms with Crippen molar-refractivity contribution >= 4 is 17.3 Å². The number of phenols is 1. The molecule has 0 saturated carbocycles.